The third-order valence-electron chi connectivity index (χ3n) is 1.34. The van der Waals surface area contributed by atoms with E-state index < -0.39 is 6.17 Å². The largest absolute Gasteiger partial charge is 0.286 e. The van der Waals surface area contributed by atoms with Crippen molar-refractivity contribution in [1.29, 1.82) is 0 Å². The molecule has 0 aromatic carbocycles. The fourth-order valence-electron chi connectivity index (χ4n) is 0.827. The Morgan fingerprint density at radius 1 is 1.89 bits per heavy atom. The van der Waals surface area contributed by atoms with Crippen LogP contribution in [0.1, 0.15) is 0 Å². The first kappa shape index (κ1) is 6.44. The van der Waals surface area contributed by atoms with Crippen molar-refractivity contribution in [1.82, 2.24) is 10.2 Å². The number of rotatable bonds is 1. The van der Waals surface area contributed by atoms with Gasteiger partial charge in [-0.2, -0.15) is 0 Å². The maximum absolute atomic E-state index is 10.1. The predicted octanol–water partition coefficient (Wildman–Crippen LogP) is -0.918. The molecule has 1 saturated heterocycles. The van der Waals surface area contributed by atoms with Gasteiger partial charge in [0.2, 0.25) is 0 Å². The summed E-state index contributed by atoms with van der Waals surface area (Å²) in [4.78, 5) is 11.6. The third kappa shape index (κ3) is 1.36. The van der Waals surface area contributed by atoms with Gasteiger partial charge in [-0.3, -0.25) is 15.0 Å². The Bertz CT molecular complexity index is 127. The summed E-state index contributed by atoms with van der Waals surface area (Å²) < 4.78 is 0. The van der Waals surface area contributed by atoms with Gasteiger partial charge >= 0.3 is 0 Å². The molecule has 0 aliphatic carbocycles. The lowest BCUT2D eigenvalue weighted by Gasteiger charge is -2.00. The van der Waals surface area contributed by atoms with E-state index in [1.165, 1.54) is 0 Å². The molecule has 0 aromatic rings. The van der Waals surface area contributed by atoms with Gasteiger partial charge in [-0.15, -0.1) is 0 Å². The molecule has 0 spiro atoms. The maximum atomic E-state index is 10.1. The third-order valence-corrected chi connectivity index (χ3v) is 1.34. The van der Waals surface area contributed by atoms with Gasteiger partial charge in [-0.05, 0) is 7.05 Å². The lowest BCUT2D eigenvalue weighted by Crippen LogP contribution is -2.32. The number of likely N-dealkylation sites (N-methyl/N-ethyl adjacent to an activating group) is 1. The van der Waals surface area contributed by atoms with Gasteiger partial charge in [0.05, 0.1) is 13.2 Å². The summed E-state index contributed by atoms with van der Waals surface area (Å²) in [7, 11) is 1.84. The van der Waals surface area contributed by atoms with Crippen LogP contribution in [-0.2, 0) is 0 Å². The molecule has 0 radical (unpaired) electrons. The van der Waals surface area contributed by atoms with Crippen LogP contribution in [0.5, 0.6) is 0 Å². The maximum Gasteiger partial charge on any atom is 0.279 e. The number of nitro groups is 1. The van der Waals surface area contributed by atoms with Crippen molar-refractivity contribution < 1.29 is 4.92 Å². The van der Waals surface area contributed by atoms with E-state index in [0.29, 0.717) is 13.2 Å². The van der Waals surface area contributed by atoms with Gasteiger partial charge in [0.15, 0.2) is 0 Å². The van der Waals surface area contributed by atoms with Crippen LogP contribution in [0.3, 0.4) is 0 Å². The second-order valence-corrected chi connectivity index (χ2v) is 2.20. The fraction of sp³-hybridized carbons (Fsp3) is 1.00. The van der Waals surface area contributed by atoms with Gasteiger partial charge in [0.1, 0.15) is 0 Å². The highest BCUT2D eigenvalue weighted by Crippen LogP contribution is 1.96. The number of hydrogen-bond donors (Lipinski definition) is 1. The highest BCUT2D eigenvalue weighted by Gasteiger charge is 2.27. The van der Waals surface area contributed by atoms with Crippen molar-refractivity contribution in [2.24, 2.45) is 0 Å². The van der Waals surface area contributed by atoms with Crippen molar-refractivity contribution in [2.75, 3.05) is 20.3 Å². The van der Waals surface area contributed by atoms with Crippen LogP contribution in [-0.4, -0.2) is 36.3 Å². The average molecular weight is 131 g/mol. The molecule has 5 heteroatoms. The van der Waals surface area contributed by atoms with Crippen molar-refractivity contribution in [3.63, 3.8) is 0 Å². The number of nitrogens with one attached hydrogen (secondary N) is 1. The molecule has 1 atom stereocenters. The van der Waals surface area contributed by atoms with Crippen LogP contribution in [0.4, 0.5) is 0 Å². The molecule has 1 unspecified atom stereocenters. The first-order valence-corrected chi connectivity index (χ1v) is 2.75. The molecule has 1 aliphatic rings. The van der Waals surface area contributed by atoms with Crippen LogP contribution >= 0.6 is 0 Å². The van der Waals surface area contributed by atoms with Crippen LogP contribution in [0.15, 0.2) is 0 Å². The van der Waals surface area contributed by atoms with E-state index in [1.54, 1.807) is 0 Å². The molecule has 1 rings (SSSR count). The summed E-state index contributed by atoms with van der Waals surface area (Å²) in [6.07, 6.45) is -0.560. The molecule has 0 amide bonds. The molecule has 1 aliphatic heterocycles. The molecule has 1 fully saturated rings. The standard InChI is InChI=1S/C4H9N3O2/c1-6-2-4(5-3-6)7(8)9/h4-5H,2-3H2,1H3. The van der Waals surface area contributed by atoms with Crippen LogP contribution < -0.4 is 5.32 Å². The van der Waals surface area contributed by atoms with Crippen molar-refractivity contribution in [3.8, 4) is 0 Å². The summed E-state index contributed by atoms with van der Waals surface area (Å²) in [5, 5.41) is 12.8. The smallest absolute Gasteiger partial charge is 0.279 e. The van der Waals surface area contributed by atoms with Gasteiger partial charge in [0, 0.05) is 4.92 Å². The van der Waals surface area contributed by atoms with Crippen molar-refractivity contribution >= 4 is 0 Å². The molecule has 0 saturated carbocycles. The van der Waals surface area contributed by atoms with Gasteiger partial charge in [-0.25, -0.2) is 5.32 Å². The summed E-state index contributed by atoms with van der Waals surface area (Å²) >= 11 is 0. The molecule has 5 nitrogen and oxygen atoms in total. The highest BCUT2D eigenvalue weighted by atomic mass is 16.6. The number of hydrogen-bond acceptors (Lipinski definition) is 4. The molecule has 52 valence electrons. The zero-order chi connectivity index (χ0) is 6.85. The summed E-state index contributed by atoms with van der Waals surface area (Å²) in [6, 6.07) is 0. The van der Waals surface area contributed by atoms with E-state index in [2.05, 4.69) is 5.32 Å². The van der Waals surface area contributed by atoms with Gasteiger partial charge in [0.25, 0.3) is 6.17 Å². The van der Waals surface area contributed by atoms with E-state index in [-0.39, 0.29) is 4.92 Å². The zero-order valence-electron chi connectivity index (χ0n) is 5.20. The zero-order valence-corrected chi connectivity index (χ0v) is 5.20. The van der Waals surface area contributed by atoms with Crippen molar-refractivity contribution in [2.45, 2.75) is 6.17 Å². The predicted molar refractivity (Wildman–Crippen MR) is 31.4 cm³/mol. The van der Waals surface area contributed by atoms with E-state index >= 15 is 0 Å². The average Bonchev–Trinajstić information content (AvgIpc) is 2.14. The van der Waals surface area contributed by atoms with Gasteiger partial charge in [-0.1, -0.05) is 0 Å². The summed E-state index contributed by atoms with van der Waals surface area (Å²) in [5.41, 5.74) is 0. The Morgan fingerprint density at radius 2 is 2.56 bits per heavy atom. The normalized spacial score (nSPS) is 28.8. The quantitative estimate of drug-likeness (QED) is 0.369. The van der Waals surface area contributed by atoms with E-state index in [0.717, 1.165) is 0 Å². The molecule has 1 heterocycles. The lowest BCUT2D eigenvalue weighted by atomic mass is 10.5. The second kappa shape index (κ2) is 2.28. The molecule has 0 aromatic heterocycles. The highest BCUT2D eigenvalue weighted by molar-refractivity contribution is 4.66. The SMILES string of the molecule is CN1CNC([N+](=O)[O-])C1. The second-order valence-electron chi connectivity index (χ2n) is 2.20. The minimum Gasteiger partial charge on any atom is -0.286 e. The molecule has 9 heavy (non-hydrogen) atoms. The summed E-state index contributed by atoms with van der Waals surface area (Å²) in [6.45, 7) is 1.12. The van der Waals surface area contributed by atoms with E-state index in [1.807, 2.05) is 11.9 Å². The molecular formula is C4H9N3O2. The van der Waals surface area contributed by atoms with Crippen LogP contribution in [0.2, 0.25) is 0 Å². The van der Waals surface area contributed by atoms with Crippen LogP contribution in [0, 0.1) is 10.1 Å². The molecule has 1 N–H and O–H groups in total. The first-order chi connectivity index (χ1) is 4.20. The van der Waals surface area contributed by atoms with Crippen LogP contribution in [0.25, 0.3) is 0 Å². The first-order valence-electron chi connectivity index (χ1n) is 2.75. The Kier molecular flexibility index (Phi) is 1.63. The Morgan fingerprint density at radius 3 is 2.78 bits per heavy atom. The topological polar surface area (TPSA) is 58.4 Å². The van der Waals surface area contributed by atoms with Gasteiger partial charge < -0.3 is 0 Å². The monoisotopic (exact) mass is 131 g/mol. The Balaban J connectivity index is 2.39. The number of nitrogens with zero attached hydrogens (tertiary/aromatic N) is 2. The minimum atomic E-state index is -0.560. The Labute approximate surface area is 52.8 Å². The summed E-state index contributed by atoms with van der Waals surface area (Å²) in [5.74, 6) is 0. The lowest BCUT2D eigenvalue weighted by molar-refractivity contribution is -0.523. The minimum absolute atomic E-state index is 0.302. The fourth-order valence-corrected chi connectivity index (χ4v) is 0.827. The molecule has 0 bridgehead atoms. The van der Waals surface area contributed by atoms with E-state index in [4.69, 9.17) is 0 Å². The van der Waals surface area contributed by atoms with E-state index in [9.17, 15) is 10.1 Å². The Hall–Kier alpha value is -0.680. The molecular weight excluding hydrogens is 122 g/mol. The van der Waals surface area contributed by atoms with Crippen molar-refractivity contribution in [3.05, 3.63) is 10.1 Å².